The number of carbonyl (C=O) groups is 1. The standard InChI is InChI=1S/C20H20ClFN2O3/c1-11-15(8-23)18(14-6-5-13(22)7-16(14)21)19(17(24-11)10-26-2)20(25)27-9-12-3-4-12/h5-7,12,18,24H,3-4,9-10H2,1-2H3. The Morgan fingerprint density at radius 3 is 2.78 bits per heavy atom. The molecule has 0 bridgehead atoms. The number of dihydropyridines is 1. The summed E-state index contributed by atoms with van der Waals surface area (Å²) in [5.74, 6) is -1.36. The van der Waals surface area contributed by atoms with Gasteiger partial charge in [0.2, 0.25) is 0 Å². The molecule has 7 heteroatoms. The highest BCUT2D eigenvalue weighted by Crippen LogP contribution is 2.41. The number of nitrogens with one attached hydrogen (secondary N) is 1. The summed E-state index contributed by atoms with van der Waals surface area (Å²) in [5.41, 5.74) is 2.19. The largest absolute Gasteiger partial charge is 0.462 e. The highest BCUT2D eigenvalue weighted by atomic mass is 35.5. The summed E-state index contributed by atoms with van der Waals surface area (Å²) in [7, 11) is 1.51. The Bertz CT molecular complexity index is 868. The average molecular weight is 391 g/mol. The quantitative estimate of drug-likeness (QED) is 0.748. The van der Waals surface area contributed by atoms with E-state index in [-0.39, 0.29) is 17.2 Å². The molecule has 0 spiro atoms. The smallest absolute Gasteiger partial charge is 0.336 e. The van der Waals surface area contributed by atoms with Crippen molar-refractivity contribution in [2.75, 3.05) is 20.3 Å². The zero-order valence-electron chi connectivity index (χ0n) is 15.1. The number of nitrogens with zero attached hydrogens (tertiary/aromatic N) is 1. The van der Waals surface area contributed by atoms with Crippen LogP contribution in [0.3, 0.4) is 0 Å². The lowest BCUT2D eigenvalue weighted by atomic mass is 9.81. The third-order valence-corrected chi connectivity index (χ3v) is 5.02. The number of rotatable bonds is 6. The van der Waals surface area contributed by atoms with Gasteiger partial charge in [-0.05, 0) is 43.4 Å². The lowest BCUT2D eigenvalue weighted by molar-refractivity contribution is -0.139. The van der Waals surface area contributed by atoms with Crippen molar-refractivity contribution in [1.82, 2.24) is 5.32 Å². The van der Waals surface area contributed by atoms with Gasteiger partial charge in [0.25, 0.3) is 0 Å². The molecule has 3 rings (SSSR count). The molecule has 1 atom stereocenters. The van der Waals surface area contributed by atoms with Crippen LogP contribution in [0.1, 0.15) is 31.2 Å². The second-order valence-electron chi connectivity index (χ2n) is 6.74. The molecule has 2 aliphatic rings. The highest BCUT2D eigenvalue weighted by Gasteiger charge is 2.37. The van der Waals surface area contributed by atoms with E-state index in [9.17, 15) is 14.4 Å². The van der Waals surface area contributed by atoms with Gasteiger partial charge in [0, 0.05) is 17.8 Å². The van der Waals surface area contributed by atoms with Crippen LogP contribution in [0.5, 0.6) is 0 Å². The van der Waals surface area contributed by atoms with E-state index in [0.717, 1.165) is 12.8 Å². The monoisotopic (exact) mass is 390 g/mol. The van der Waals surface area contributed by atoms with Gasteiger partial charge in [0.05, 0.1) is 42.0 Å². The van der Waals surface area contributed by atoms with Gasteiger partial charge in [-0.3, -0.25) is 0 Å². The summed E-state index contributed by atoms with van der Waals surface area (Å²) in [6.07, 6.45) is 2.09. The molecular weight excluding hydrogens is 371 g/mol. The minimum absolute atomic E-state index is 0.138. The summed E-state index contributed by atoms with van der Waals surface area (Å²) in [6, 6.07) is 6.08. The van der Waals surface area contributed by atoms with Crippen molar-refractivity contribution in [3.63, 3.8) is 0 Å². The molecule has 0 radical (unpaired) electrons. The number of methoxy groups -OCH3 is 1. The Morgan fingerprint density at radius 1 is 1.44 bits per heavy atom. The van der Waals surface area contributed by atoms with Gasteiger partial charge in [-0.2, -0.15) is 5.26 Å². The molecule has 1 aliphatic heterocycles. The molecule has 1 heterocycles. The fourth-order valence-electron chi connectivity index (χ4n) is 3.15. The Hall–Kier alpha value is -2.36. The number of carbonyl (C=O) groups excluding carboxylic acids is 1. The summed E-state index contributed by atoms with van der Waals surface area (Å²) in [5, 5.41) is 12.9. The molecule has 0 amide bonds. The highest BCUT2D eigenvalue weighted by molar-refractivity contribution is 6.31. The SMILES string of the molecule is COCC1=C(C(=O)OCC2CC2)C(c2ccc(F)cc2Cl)C(C#N)=C(C)N1. The molecule has 1 aromatic carbocycles. The average Bonchev–Trinajstić information content (AvgIpc) is 3.44. The molecule has 1 aromatic rings. The van der Waals surface area contributed by atoms with Crippen molar-refractivity contribution in [3.8, 4) is 6.07 Å². The van der Waals surface area contributed by atoms with Crippen LogP contribution in [-0.4, -0.2) is 26.3 Å². The number of benzene rings is 1. The Kier molecular flexibility index (Phi) is 5.83. The predicted molar refractivity (Wildman–Crippen MR) is 98.2 cm³/mol. The maximum absolute atomic E-state index is 13.5. The number of halogens is 2. The molecule has 1 fully saturated rings. The summed E-state index contributed by atoms with van der Waals surface area (Å²) < 4.78 is 24.3. The second kappa shape index (κ2) is 8.12. The normalized spacial score (nSPS) is 19.6. The van der Waals surface area contributed by atoms with Gasteiger partial charge in [-0.15, -0.1) is 0 Å². The van der Waals surface area contributed by atoms with Gasteiger partial charge in [-0.1, -0.05) is 17.7 Å². The fourth-order valence-corrected chi connectivity index (χ4v) is 3.42. The topological polar surface area (TPSA) is 71.3 Å². The maximum atomic E-state index is 13.5. The van der Waals surface area contributed by atoms with Crippen LogP contribution in [0.25, 0.3) is 0 Å². The zero-order valence-corrected chi connectivity index (χ0v) is 15.9. The summed E-state index contributed by atoms with van der Waals surface area (Å²) in [6.45, 7) is 2.22. The number of allylic oxidation sites excluding steroid dienone is 2. The van der Waals surface area contributed by atoms with Gasteiger partial charge >= 0.3 is 5.97 Å². The van der Waals surface area contributed by atoms with E-state index in [1.165, 1.54) is 25.3 Å². The van der Waals surface area contributed by atoms with E-state index in [2.05, 4.69) is 11.4 Å². The molecule has 27 heavy (non-hydrogen) atoms. The van der Waals surface area contributed by atoms with E-state index >= 15 is 0 Å². The Balaban J connectivity index is 2.09. The van der Waals surface area contributed by atoms with E-state index < -0.39 is 17.7 Å². The van der Waals surface area contributed by atoms with Gasteiger partial charge < -0.3 is 14.8 Å². The number of hydrogen-bond acceptors (Lipinski definition) is 5. The molecule has 0 saturated heterocycles. The lowest BCUT2D eigenvalue weighted by Gasteiger charge is -2.30. The van der Waals surface area contributed by atoms with Crippen LogP contribution in [0.4, 0.5) is 4.39 Å². The zero-order chi connectivity index (χ0) is 19.6. The third kappa shape index (κ3) is 4.15. The van der Waals surface area contributed by atoms with E-state index in [4.69, 9.17) is 21.1 Å². The van der Waals surface area contributed by atoms with E-state index in [1.807, 2.05) is 0 Å². The van der Waals surface area contributed by atoms with Crippen molar-refractivity contribution in [3.05, 3.63) is 57.1 Å². The molecule has 1 unspecified atom stereocenters. The van der Waals surface area contributed by atoms with Crippen molar-refractivity contribution in [1.29, 1.82) is 5.26 Å². The predicted octanol–water partition coefficient (Wildman–Crippen LogP) is 3.82. The molecule has 1 saturated carbocycles. The number of nitriles is 1. The molecule has 5 nitrogen and oxygen atoms in total. The van der Waals surface area contributed by atoms with Gasteiger partial charge in [0.1, 0.15) is 5.82 Å². The maximum Gasteiger partial charge on any atom is 0.336 e. The van der Waals surface area contributed by atoms with Crippen molar-refractivity contribution in [2.24, 2.45) is 5.92 Å². The van der Waals surface area contributed by atoms with Crippen LogP contribution in [0.2, 0.25) is 5.02 Å². The third-order valence-electron chi connectivity index (χ3n) is 4.69. The van der Waals surface area contributed by atoms with Crippen LogP contribution >= 0.6 is 11.6 Å². The lowest BCUT2D eigenvalue weighted by Crippen LogP contribution is -2.32. The van der Waals surface area contributed by atoms with Crippen LogP contribution in [-0.2, 0) is 14.3 Å². The summed E-state index contributed by atoms with van der Waals surface area (Å²) in [4.78, 5) is 12.9. The van der Waals surface area contributed by atoms with Crippen molar-refractivity contribution in [2.45, 2.75) is 25.7 Å². The van der Waals surface area contributed by atoms with Gasteiger partial charge in [0.15, 0.2) is 0 Å². The molecule has 0 aromatic heterocycles. The minimum Gasteiger partial charge on any atom is -0.462 e. The number of ether oxygens (including phenoxy) is 2. The van der Waals surface area contributed by atoms with Crippen LogP contribution in [0.15, 0.2) is 40.7 Å². The van der Waals surface area contributed by atoms with Crippen LogP contribution in [0, 0.1) is 23.1 Å². The van der Waals surface area contributed by atoms with Crippen molar-refractivity contribution >= 4 is 17.6 Å². The van der Waals surface area contributed by atoms with E-state index in [1.54, 1.807) is 6.92 Å². The Labute approximate surface area is 162 Å². The fraction of sp³-hybridized carbons (Fsp3) is 0.400. The van der Waals surface area contributed by atoms with Crippen molar-refractivity contribution < 1.29 is 18.7 Å². The van der Waals surface area contributed by atoms with Crippen LogP contribution < -0.4 is 5.32 Å². The molecule has 1 aliphatic carbocycles. The first kappa shape index (κ1) is 19.4. The first-order valence-electron chi connectivity index (χ1n) is 8.68. The molecule has 1 N–H and O–H groups in total. The first-order chi connectivity index (χ1) is 13.0. The molecular formula is C20H20ClFN2O3. The Morgan fingerprint density at radius 2 is 2.19 bits per heavy atom. The van der Waals surface area contributed by atoms with Gasteiger partial charge in [-0.25, -0.2) is 9.18 Å². The minimum atomic E-state index is -0.749. The summed E-state index contributed by atoms with van der Waals surface area (Å²) >= 11 is 6.27. The number of hydrogen-bond donors (Lipinski definition) is 1. The molecule has 142 valence electrons. The first-order valence-corrected chi connectivity index (χ1v) is 9.06. The number of esters is 1. The second-order valence-corrected chi connectivity index (χ2v) is 7.15. The van der Waals surface area contributed by atoms with E-state index in [0.29, 0.717) is 35.1 Å².